The van der Waals surface area contributed by atoms with Crippen molar-refractivity contribution in [1.29, 1.82) is 0 Å². The number of anilines is 1. The lowest BCUT2D eigenvalue weighted by molar-refractivity contribution is -0.130. The molecule has 2 fully saturated rings. The number of nitrogens with zero attached hydrogens (tertiary/aromatic N) is 3. The summed E-state index contributed by atoms with van der Waals surface area (Å²) < 4.78 is 0. The van der Waals surface area contributed by atoms with Crippen LogP contribution in [0, 0.1) is 0 Å². The number of nitrogens with one attached hydrogen (secondary N) is 1. The van der Waals surface area contributed by atoms with Gasteiger partial charge in [-0.25, -0.2) is 4.98 Å². The number of halogens is 1. The molecule has 5 nitrogen and oxygen atoms in total. The van der Waals surface area contributed by atoms with E-state index in [2.05, 4.69) is 15.2 Å². The molecule has 1 aliphatic heterocycles. The van der Waals surface area contributed by atoms with Crippen LogP contribution in [0.2, 0.25) is 5.02 Å². The normalized spacial score (nSPS) is 19.2. The van der Waals surface area contributed by atoms with Gasteiger partial charge in [-0.15, -0.1) is 0 Å². The Morgan fingerprint density at radius 3 is 2.75 bits per heavy atom. The lowest BCUT2D eigenvalue weighted by atomic mass is 10.3. The van der Waals surface area contributed by atoms with Crippen molar-refractivity contribution in [3.8, 4) is 0 Å². The molecule has 6 heteroatoms. The smallest absolute Gasteiger partial charge is 0.236 e. The van der Waals surface area contributed by atoms with Crippen LogP contribution in [0.25, 0.3) is 0 Å². The number of hydrogen-bond acceptors (Lipinski definition) is 4. The van der Waals surface area contributed by atoms with Crippen LogP contribution >= 0.6 is 11.6 Å². The van der Waals surface area contributed by atoms with Crippen molar-refractivity contribution in [1.82, 2.24) is 15.2 Å². The Kier molecular flexibility index (Phi) is 4.08. The molecule has 2 heterocycles. The molecule has 1 N–H and O–H groups in total. The molecule has 1 aromatic heterocycles. The summed E-state index contributed by atoms with van der Waals surface area (Å²) in [5.74, 6) is 1.01. The minimum atomic E-state index is 0.198. The zero-order valence-electron chi connectivity index (χ0n) is 11.4. The molecule has 0 aromatic carbocycles. The maximum Gasteiger partial charge on any atom is 0.236 e. The Labute approximate surface area is 123 Å². The van der Waals surface area contributed by atoms with Crippen molar-refractivity contribution in [2.75, 3.05) is 37.6 Å². The van der Waals surface area contributed by atoms with Gasteiger partial charge in [-0.1, -0.05) is 11.6 Å². The summed E-state index contributed by atoms with van der Waals surface area (Å²) in [7, 11) is 0. The van der Waals surface area contributed by atoms with E-state index in [9.17, 15) is 4.79 Å². The van der Waals surface area contributed by atoms with Gasteiger partial charge in [0.2, 0.25) is 5.91 Å². The fourth-order valence-corrected chi connectivity index (χ4v) is 2.65. The van der Waals surface area contributed by atoms with Gasteiger partial charge in [-0.2, -0.15) is 0 Å². The lowest BCUT2D eigenvalue weighted by Crippen LogP contribution is -2.51. The predicted molar refractivity (Wildman–Crippen MR) is 79.1 cm³/mol. The lowest BCUT2D eigenvalue weighted by Gasteiger charge is -2.35. The van der Waals surface area contributed by atoms with Crippen molar-refractivity contribution < 1.29 is 4.79 Å². The Hall–Kier alpha value is -1.33. The molecular formula is C14H19ClN4O. The van der Waals surface area contributed by atoms with Gasteiger partial charge in [0.05, 0.1) is 11.6 Å². The van der Waals surface area contributed by atoms with Gasteiger partial charge in [-0.05, 0) is 25.0 Å². The predicted octanol–water partition coefficient (Wildman–Crippen LogP) is 1.14. The van der Waals surface area contributed by atoms with E-state index in [1.54, 1.807) is 6.20 Å². The molecule has 0 radical (unpaired) electrons. The van der Waals surface area contributed by atoms with Crippen LogP contribution in [-0.4, -0.2) is 54.6 Å². The summed E-state index contributed by atoms with van der Waals surface area (Å²) in [5.41, 5.74) is 0. The Morgan fingerprint density at radius 1 is 1.35 bits per heavy atom. The first-order chi connectivity index (χ1) is 9.74. The second-order valence-electron chi connectivity index (χ2n) is 5.33. The van der Waals surface area contributed by atoms with E-state index in [1.165, 1.54) is 12.8 Å². The van der Waals surface area contributed by atoms with Crippen molar-refractivity contribution in [2.24, 2.45) is 0 Å². The highest BCUT2D eigenvalue weighted by atomic mass is 35.5. The topological polar surface area (TPSA) is 48.5 Å². The van der Waals surface area contributed by atoms with E-state index >= 15 is 0 Å². The maximum absolute atomic E-state index is 12.0. The zero-order chi connectivity index (χ0) is 13.9. The molecule has 1 amide bonds. The van der Waals surface area contributed by atoms with E-state index in [1.807, 2.05) is 17.0 Å². The maximum atomic E-state index is 12.0. The van der Waals surface area contributed by atoms with E-state index in [-0.39, 0.29) is 5.91 Å². The SMILES string of the molecule is O=C(CNC1CC1)N1CCN(c2ncccc2Cl)CC1. The van der Waals surface area contributed by atoms with E-state index in [0.717, 1.165) is 32.0 Å². The molecule has 1 saturated heterocycles. The minimum absolute atomic E-state index is 0.198. The number of carbonyl (C=O) groups is 1. The van der Waals surface area contributed by atoms with Crippen molar-refractivity contribution >= 4 is 23.3 Å². The van der Waals surface area contributed by atoms with E-state index in [4.69, 9.17) is 11.6 Å². The van der Waals surface area contributed by atoms with Gasteiger partial charge < -0.3 is 15.1 Å². The van der Waals surface area contributed by atoms with Gasteiger partial charge in [0, 0.05) is 38.4 Å². The molecule has 0 spiro atoms. The highest BCUT2D eigenvalue weighted by molar-refractivity contribution is 6.32. The van der Waals surface area contributed by atoms with E-state index in [0.29, 0.717) is 17.6 Å². The molecule has 1 aliphatic carbocycles. The van der Waals surface area contributed by atoms with Crippen LogP contribution in [0.15, 0.2) is 18.3 Å². The van der Waals surface area contributed by atoms with Crippen molar-refractivity contribution in [3.05, 3.63) is 23.4 Å². The molecule has 0 unspecified atom stereocenters. The highest BCUT2D eigenvalue weighted by Crippen LogP contribution is 2.23. The monoisotopic (exact) mass is 294 g/mol. The second kappa shape index (κ2) is 5.97. The third-order valence-corrected chi connectivity index (χ3v) is 4.09. The van der Waals surface area contributed by atoms with Crippen LogP contribution in [0.4, 0.5) is 5.82 Å². The number of hydrogen-bond donors (Lipinski definition) is 1. The molecule has 108 valence electrons. The molecule has 20 heavy (non-hydrogen) atoms. The Morgan fingerprint density at radius 2 is 2.10 bits per heavy atom. The number of rotatable bonds is 4. The van der Waals surface area contributed by atoms with Crippen molar-refractivity contribution in [3.63, 3.8) is 0 Å². The minimum Gasteiger partial charge on any atom is -0.352 e. The fourth-order valence-electron chi connectivity index (χ4n) is 2.41. The second-order valence-corrected chi connectivity index (χ2v) is 5.74. The number of piperazine rings is 1. The number of amides is 1. The van der Waals surface area contributed by atoms with Gasteiger partial charge >= 0.3 is 0 Å². The summed E-state index contributed by atoms with van der Waals surface area (Å²) >= 11 is 6.15. The summed E-state index contributed by atoms with van der Waals surface area (Å²) in [4.78, 5) is 20.4. The Balaban J connectivity index is 1.51. The first kappa shape index (κ1) is 13.6. The summed E-state index contributed by atoms with van der Waals surface area (Å²) in [6.45, 7) is 3.50. The van der Waals surface area contributed by atoms with Crippen LogP contribution in [-0.2, 0) is 4.79 Å². The fraction of sp³-hybridized carbons (Fsp3) is 0.571. The highest BCUT2D eigenvalue weighted by Gasteiger charge is 2.25. The van der Waals surface area contributed by atoms with Crippen molar-refractivity contribution in [2.45, 2.75) is 18.9 Å². The van der Waals surface area contributed by atoms with Crippen LogP contribution in [0.1, 0.15) is 12.8 Å². The summed E-state index contributed by atoms with van der Waals surface area (Å²) in [6.07, 6.45) is 4.16. The largest absolute Gasteiger partial charge is 0.352 e. The number of carbonyl (C=O) groups excluding carboxylic acids is 1. The van der Waals surface area contributed by atoms with Crippen LogP contribution in [0.5, 0.6) is 0 Å². The third-order valence-electron chi connectivity index (χ3n) is 3.79. The quantitative estimate of drug-likeness (QED) is 0.905. The molecule has 1 saturated carbocycles. The number of aromatic nitrogens is 1. The van der Waals surface area contributed by atoms with E-state index < -0.39 is 0 Å². The molecule has 2 aliphatic rings. The number of pyridine rings is 1. The first-order valence-corrected chi connectivity index (χ1v) is 7.48. The third kappa shape index (κ3) is 3.22. The molecule has 0 bridgehead atoms. The van der Waals surface area contributed by atoms with Gasteiger partial charge in [0.1, 0.15) is 5.82 Å². The van der Waals surface area contributed by atoms with Crippen LogP contribution in [0.3, 0.4) is 0 Å². The Bertz CT molecular complexity index is 484. The molecular weight excluding hydrogens is 276 g/mol. The molecule has 1 aromatic rings. The van der Waals surface area contributed by atoms with Gasteiger partial charge in [-0.3, -0.25) is 4.79 Å². The van der Waals surface area contributed by atoms with Gasteiger partial charge in [0.25, 0.3) is 0 Å². The van der Waals surface area contributed by atoms with Gasteiger partial charge in [0.15, 0.2) is 0 Å². The average Bonchev–Trinajstić information content (AvgIpc) is 3.30. The average molecular weight is 295 g/mol. The molecule has 0 atom stereocenters. The summed E-state index contributed by atoms with van der Waals surface area (Å²) in [5, 5.41) is 3.94. The zero-order valence-corrected chi connectivity index (χ0v) is 12.1. The first-order valence-electron chi connectivity index (χ1n) is 7.10. The standard InChI is InChI=1S/C14H19ClN4O/c15-12-2-1-5-16-14(12)19-8-6-18(7-9-19)13(20)10-17-11-3-4-11/h1-2,5,11,17H,3-4,6-10H2. The summed E-state index contributed by atoms with van der Waals surface area (Å²) in [6, 6.07) is 4.25. The van der Waals surface area contributed by atoms with Crippen LogP contribution < -0.4 is 10.2 Å². The molecule has 3 rings (SSSR count).